The summed E-state index contributed by atoms with van der Waals surface area (Å²) in [5, 5.41) is 10.6. The molecule has 94 valence electrons. The molecule has 1 rings (SSSR count). The van der Waals surface area contributed by atoms with Crippen LogP contribution in [-0.4, -0.2) is 21.9 Å². The van der Waals surface area contributed by atoms with Gasteiger partial charge < -0.3 is 5.11 Å². The summed E-state index contributed by atoms with van der Waals surface area (Å²) in [5.41, 5.74) is 0.658. The van der Waals surface area contributed by atoms with E-state index in [0.717, 1.165) is 0 Å². The zero-order valence-corrected chi connectivity index (χ0v) is 11.7. The number of aliphatic hydroxyl groups excluding tert-OH is 1. The SMILES string of the molecule is CCSC(=O)C(CCl)C(O)c1ccc(Cl)cc1. The van der Waals surface area contributed by atoms with E-state index in [1.165, 1.54) is 11.8 Å². The number of benzene rings is 1. The first-order valence-corrected chi connectivity index (χ1v) is 7.16. The zero-order valence-electron chi connectivity index (χ0n) is 9.40. The van der Waals surface area contributed by atoms with Crippen molar-refractivity contribution in [3.8, 4) is 0 Å². The van der Waals surface area contributed by atoms with Crippen LogP contribution < -0.4 is 0 Å². The molecule has 1 aromatic rings. The molecular weight excluding hydrogens is 279 g/mol. The van der Waals surface area contributed by atoms with Gasteiger partial charge in [-0.1, -0.05) is 42.4 Å². The van der Waals surface area contributed by atoms with Gasteiger partial charge in [-0.15, -0.1) is 11.6 Å². The normalized spacial score (nSPS) is 14.4. The first-order chi connectivity index (χ1) is 8.10. The summed E-state index contributed by atoms with van der Waals surface area (Å²) in [7, 11) is 0. The molecule has 0 spiro atoms. The van der Waals surface area contributed by atoms with Crippen LogP contribution in [0.2, 0.25) is 5.02 Å². The van der Waals surface area contributed by atoms with Crippen LogP contribution in [0, 0.1) is 5.92 Å². The summed E-state index contributed by atoms with van der Waals surface area (Å²) < 4.78 is 0. The lowest BCUT2D eigenvalue weighted by molar-refractivity contribution is -0.116. The van der Waals surface area contributed by atoms with Crippen molar-refractivity contribution in [1.82, 2.24) is 0 Å². The summed E-state index contributed by atoms with van der Waals surface area (Å²) in [6.07, 6.45) is -0.878. The highest BCUT2D eigenvalue weighted by Crippen LogP contribution is 2.28. The minimum Gasteiger partial charge on any atom is -0.388 e. The number of halogens is 2. The van der Waals surface area contributed by atoms with E-state index in [1.54, 1.807) is 24.3 Å². The van der Waals surface area contributed by atoms with E-state index >= 15 is 0 Å². The van der Waals surface area contributed by atoms with E-state index in [2.05, 4.69) is 0 Å². The predicted octanol–water partition coefficient (Wildman–Crippen LogP) is 3.51. The van der Waals surface area contributed by atoms with E-state index in [1.807, 2.05) is 6.92 Å². The summed E-state index contributed by atoms with van der Waals surface area (Å²) in [6, 6.07) is 6.78. The van der Waals surface area contributed by atoms with Gasteiger partial charge in [0, 0.05) is 10.9 Å². The Kier molecular flexibility index (Phi) is 6.34. The van der Waals surface area contributed by atoms with Gasteiger partial charge in [-0.2, -0.15) is 0 Å². The van der Waals surface area contributed by atoms with Crippen LogP contribution in [0.1, 0.15) is 18.6 Å². The van der Waals surface area contributed by atoms with Crippen molar-refractivity contribution in [1.29, 1.82) is 0 Å². The summed E-state index contributed by atoms with van der Waals surface area (Å²) >= 11 is 12.7. The molecule has 0 amide bonds. The number of thioether (sulfide) groups is 1. The van der Waals surface area contributed by atoms with Crippen molar-refractivity contribution < 1.29 is 9.90 Å². The second-order valence-electron chi connectivity index (χ2n) is 3.51. The molecule has 0 aromatic heterocycles. The Labute approximate surface area is 115 Å². The van der Waals surface area contributed by atoms with Gasteiger partial charge in [0.25, 0.3) is 0 Å². The van der Waals surface area contributed by atoms with Crippen LogP contribution >= 0.6 is 35.0 Å². The quantitative estimate of drug-likeness (QED) is 0.844. The first-order valence-electron chi connectivity index (χ1n) is 5.26. The molecule has 2 unspecified atom stereocenters. The molecule has 0 bridgehead atoms. The van der Waals surface area contributed by atoms with Crippen molar-refractivity contribution in [3.05, 3.63) is 34.9 Å². The van der Waals surface area contributed by atoms with Crippen LogP contribution in [0.5, 0.6) is 0 Å². The molecule has 1 N–H and O–H groups in total. The van der Waals surface area contributed by atoms with Gasteiger partial charge in [0.2, 0.25) is 0 Å². The molecule has 2 atom stereocenters. The Morgan fingerprint density at radius 1 is 1.41 bits per heavy atom. The van der Waals surface area contributed by atoms with Crippen molar-refractivity contribution in [2.45, 2.75) is 13.0 Å². The fraction of sp³-hybridized carbons (Fsp3) is 0.417. The van der Waals surface area contributed by atoms with Crippen LogP contribution in [0.4, 0.5) is 0 Å². The number of carbonyl (C=O) groups is 1. The molecule has 0 fully saturated rings. The van der Waals surface area contributed by atoms with E-state index in [9.17, 15) is 9.90 Å². The largest absolute Gasteiger partial charge is 0.388 e. The number of carbonyl (C=O) groups excluding carboxylic acids is 1. The number of rotatable bonds is 5. The minimum atomic E-state index is -0.878. The molecule has 2 nitrogen and oxygen atoms in total. The number of aliphatic hydroxyl groups is 1. The highest BCUT2D eigenvalue weighted by Gasteiger charge is 2.27. The summed E-state index contributed by atoms with van der Waals surface area (Å²) in [6.45, 7) is 1.89. The lowest BCUT2D eigenvalue weighted by Crippen LogP contribution is -2.22. The summed E-state index contributed by atoms with van der Waals surface area (Å²) in [4.78, 5) is 11.7. The molecule has 0 aliphatic heterocycles. The second kappa shape index (κ2) is 7.27. The van der Waals surface area contributed by atoms with Gasteiger partial charge in [-0.25, -0.2) is 0 Å². The van der Waals surface area contributed by atoms with Gasteiger partial charge in [0.15, 0.2) is 5.12 Å². The van der Waals surface area contributed by atoms with Crippen LogP contribution in [0.25, 0.3) is 0 Å². The fourth-order valence-electron chi connectivity index (χ4n) is 1.42. The topological polar surface area (TPSA) is 37.3 Å². The predicted molar refractivity (Wildman–Crippen MR) is 73.8 cm³/mol. The van der Waals surface area contributed by atoms with Gasteiger partial charge in [-0.3, -0.25) is 4.79 Å². The second-order valence-corrected chi connectivity index (χ2v) is 5.52. The Morgan fingerprint density at radius 2 is 2.00 bits per heavy atom. The molecule has 0 radical (unpaired) electrons. The monoisotopic (exact) mass is 292 g/mol. The maximum Gasteiger partial charge on any atom is 0.196 e. The Bertz CT molecular complexity index is 367. The third kappa shape index (κ3) is 4.18. The zero-order chi connectivity index (χ0) is 12.8. The number of hydrogen-bond donors (Lipinski definition) is 1. The smallest absolute Gasteiger partial charge is 0.196 e. The van der Waals surface area contributed by atoms with Crippen molar-refractivity contribution >= 4 is 40.1 Å². The third-order valence-corrected chi connectivity index (χ3v) is 3.81. The minimum absolute atomic E-state index is 0.0787. The molecule has 0 heterocycles. The van der Waals surface area contributed by atoms with Crippen LogP contribution in [-0.2, 0) is 4.79 Å². The van der Waals surface area contributed by atoms with Gasteiger partial charge >= 0.3 is 0 Å². The van der Waals surface area contributed by atoms with E-state index in [-0.39, 0.29) is 11.0 Å². The van der Waals surface area contributed by atoms with Gasteiger partial charge in [0.1, 0.15) is 0 Å². The molecule has 17 heavy (non-hydrogen) atoms. The molecular formula is C12H14Cl2O2S. The van der Waals surface area contributed by atoms with Crippen LogP contribution in [0.15, 0.2) is 24.3 Å². The number of hydrogen-bond acceptors (Lipinski definition) is 3. The van der Waals surface area contributed by atoms with E-state index < -0.39 is 12.0 Å². The Hall–Kier alpha value is -0.220. The lowest BCUT2D eigenvalue weighted by Gasteiger charge is -2.19. The Morgan fingerprint density at radius 3 is 2.47 bits per heavy atom. The van der Waals surface area contributed by atoms with Crippen molar-refractivity contribution in [2.24, 2.45) is 5.92 Å². The molecule has 0 saturated heterocycles. The Balaban J connectivity index is 2.81. The van der Waals surface area contributed by atoms with Crippen molar-refractivity contribution in [3.63, 3.8) is 0 Å². The molecule has 0 aliphatic rings. The van der Waals surface area contributed by atoms with Gasteiger partial charge in [0.05, 0.1) is 12.0 Å². The molecule has 0 saturated carbocycles. The molecule has 0 aliphatic carbocycles. The average Bonchev–Trinajstić information content (AvgIpc) is 2.31. The van der Waals surface area contributed by atoms with Crippen LogP contribution in [0.3, 0.4) is 0 Å². The van der Waals surface area contributed by atoms with Gasteiger partial charge in [-0.05, 0) is 23.4 Å². The number of alkyl halides is 1. The third-order valence-electron chi connectivity index (χ3n) is 2.35. The lowest BCUT2D eigenvalue weighted by atomic mass is 9.98. The maximum absolute atomic E-state index is 11.7. The molecule has 1 aromatic carbocycles. The highest BCUT2D eigenvalue weighted by molar-refractivity contribution is 8.13. The average molecular weight is 293 g/mol. The summed E-state index contributed by atoms with van der Waals surface area (Å²) in [5.74, 6) is 0.206. The van der Waals surface area contributed by atoms with E-state index in [4.69, 9.17) is 23.2 Å². The standard InChI is InChI=1S/C12H14Cl2O2S/c1-2-17-12(16)10(7-13)11(15)8-3-5-9(14)6-4-8/h3-6,10-11,15H,2,7H2,1H3. The highest BCUT2D eigenvalue weighted by atomic mass is 35.5. The fourth-order valence-corrected chi connectivity index (χ4v) is 2.66. The maximum atomic E-state index is 11.7. The molecule has 5 heteroatoms. The first kappa shape index (κ1) is 14.8. The van der Waals surface area contributed by atoms with E-state index in [0.29, 0.717) is 16.3 Å². The van der Waals surface area contributed by atoms with Crippen molar-refractivity contribution in [2.75, 3.05) is 11.6 Å².